The molecule has 3 aromatic rings. The molecule has 288 valence electrons. The van der Waals surface area contributed by atoms with E-state index in [2.05, 4.69) is 15.5 Å². The molecule has 3 fully saturated rings. The van der Waals surface area contributed by atoms with Crippen molar-refractivity contribution in [3.63, 3.8) is 0 Å². The summed E-state index contributed by atoms with van der Waals surface area (Å²) >= 11 is 0. The molecule has 6 rings (SSSR count). The molecule has 12 heteroatoms. The van der Waals surface area contributed by atoms with E-state index in [4.69, 9.17) is 9.47 Å². The Balaban J connectivity index is 1.14. The van der Waals surface area contributed by atoms with Gasteiger partial charge in [-0.3, -0.25) is 19.4 Å². The fourth-order valence-electron chi connectivity index (χ4n) is 7.62. The summed E-state index contributed by atoms with van der Waals surface area (Å²) in [6.45, 7) is 11.8. The van der Waals surface area contributed by atoms with Crippen LogP contribution in [0.2, 0.25) is 0 Å². The standard InChI is InChI=1S/C42H52FN5O6/c1-41(2,3)53-39(51)46-25-7-9-35(46)37(49)44-30-17-11-27(12-18-30)33-23-24-34(48(33)32-21-15-29(43)16-22-32)28-13-19-31(20-14-28)45-38(50)36-10-8-26-47(36)40(52)54-42(4,5)6/h11-22,33-36H,7-10,23-26H2,1-6H3,(H,44,49)(H,45,50)/t33?,34?,35-,36-/m0/s1. The van der Waals surface area contributed by atoms with E-state index in [1.54, 1.807) is 53.7 Å². The second-order valence-electron chi connectivity index (χ2n) is 16.4. The number of rotatable bonds is 7. The Morgan fingerprint density at radius 2 is 0.981 bits per heavy atom. The van der Waals surface area contributed by atoms with E-state index in [0.29, 0.717) is 37.3 Å². The number of carbonyl (C=O) groups excluding carboxylic acids is 4. The van der Waals surface area contributed by atoms with Gasteiger partial charge in [0, 0.05) is 30.2 Å². The number of nitrogens with one attached hydrogen (secondary N) is 2. The lowest BCUT2D eigenvalue weighted by atomic mass is 10.0. The minimum atomic E-state index is -0.651. The molecule has 54 heavy (non-hydrogen) atoms. The van der Waals surface area contributed by atoms with Gasteiger partial charge in [0.05, 0.1) is 12.1 Å². The van der Waals surface area contributed by atoms with Gasteiger partial charge in [-0.1, -0.05) is 24.3 Å². The van der Waals surface area contributed by atoms with Gasteiger partial charge in [-0.2, -0.15) is 0 Å². The largest absolute Gasteiger partial charge is 0.444 e. The highest BCUT2D eigenvalue weighted by Gasteiger charge is 2.39. The Labute approximate surface area is 317 Å². The number of hydrogen-bond acceptors (Lipinski definition) is 7. The molecule has 0 radical (unpaired) electrons. The highest BCUT2D eigenvalue weighted by molar-refractivity contribution is 5.97. The van der Waals surface area contributed by atoms with Crippen LogP contribution in [0.4, 0.5) is 31.0 Å². The van der Waals surface area contributed by atoms with Gasteiger partial charge in [0.15, 0.2) is 0 Å². The Bertz CT molecular complexity index is 1710. The molecule has 3 aliphatic rings. The third kappa shape index (κ3) is 9.14. The molecule has 2 N–H and O–H groups in total. The van der Waals surface area contributed by atoms with Crippen molar-refractivity contribution >= 4 is 41.1 Å². The van der Waals surface area contributed by atoms with Gasteiger partial charge in [-0.15, -0.1) is 0 Å². The van der Waals surface area contributed by atoms with E-state index in [-0.39, 0.29) is 29.7 Å². The second kappa shape index (κ2) is 15.7. The molecule has 4 amide bonds. The first-order chi connectivity index (χ1) is 25.6. The van der Waals surface area contributed by atoms with Gasteiger partial charge in [0.25, 0.3) is 0 Å². The van der Waals surface area contributed by atoms with Crippen molar-refractivity contribution in [1.82, 2.24) is 9.80 Å². The predicted molar refractivity (Wildman–Crippen MR) is 206 cm³/mol. The first kappa shape index (κ1) is 38.6. The van der Waals surface area contributed by atoms with Crippen molar-refractivity contribution in [2.24, 2.45) is 0 Å². The number of halogens is 1. The third-order valence-electron chi connectivity index (χ3n) is 10.0. The second-order valence-corrected chi connectivity index (χ2v) is 16.4. The SMILES string of the molecule is CC(C)(C)OC(=O)N1CCC[C@H]1C(=O)Nc1ccc(C2CCC(c3ccc(NC(=O)[C@@H]4CCCN4C(=O)OC(C)(C)C)cc3)N2c2ccc(F)cc2)cc1. The first-order valence-electron chi connectivity index (χ1n) is 18.9. The fraction of sp³-hybridized carbons (Fsp3) is 0.476. The van der Waals surface area contributed by atoms with E-state index >= 15 is 0 Å². The molecule has 2 unspecified atom stereocenters. The van der Waals surface area contributed by atoms with Crippen LogP contribution >= 0.6 is 0 Å². The van der Waals surface area contributed by atoms with Crippen molar-refractivity contribution in [3.8, 4) is 0 Å². The summed E-state index contributed by atoms with van der Waals surface area (Å²) in [5, 5.41) is 5.97. The summed E-state index contributed by atoms with van der Waals surface area (Å²) in [5.74, 6) is -0.808. The van der Waals surface area contributed by atoms with Crippen molar-refractivity contribution in [2.45, 2.75) is 115 Å². The average Bonchev–Trinajstić information content (AvgIpc) is 3.88. The molecule has 11 nitrogen and oxygen atoms in total. The molecule has 3 saturated heterocycles. The smallest absolute Gasteiger partial charge is 0.410 e. The molecule has 0 bridgehead atoms. The van der Waals surface area contributed by atoms with Crippen molar-refractivity contribution in [3.05, 3.63) is 89.7 Å². The van der Waals surface area contributed by atoms with Gasteiger partial charge in [-0.25, -0.2) is 14.0 Å². The zero-order valence-corrected chi connectivity index (χ0v) is 32.1. The highest BCUT2D eigenvalue weighted by atomic mass is 19.1. The van der Waals surface area contributed by atoms with Crippen LogP contribution in [-0.2, 0) is 19.1 Å². The number of carbonyl (C=O) groups is 4. The van der Waals surface area contributed by atoms with Crippen LogP contribution in [0.25, 0.3) is 0 Å². The molecule has 0 aliphatic carbocycles. The number of anilines is 3. The number of ether oxygens (including phenoxy) is 2. The van der Waals surface area contributed by atoms with E-state index in [1.165, 1.54) is 21.9 Å². The monoisotopic (exact) mass is 741 g/mol. The maximum absolute atomic E-state index is 14.1. The van der Waals surface area contributed by atoms with Gasteiger partial charge < -0.3 is 25.0 Å². The van der Waals surface area contributed by atoms with Crippen molar-refractivity contribution < 1.29 is 33.0 Å². The van der Waals surface area contributed by atoms with Crippen molar-refractivity contribution in [1.29, 1.82) is 0 Å². The average molecular weight is 742 g/mol. The molecule has 4 atom stereocenters. The molecular weight excluding hydrogens is 689 g/mol. The molecule has 3 aromatic carbocycles. The first-order valence-corrected chi connectivity index (χ1v) is 18.9. The number of amides is 4. The third-order valence-corrected chi connectivity index (χ3v) is 10.0. The predicted octanol–water partition coefficient (Wildman–Crippen LogP) is 8.58. The minimum Gasteiger partial charge on any atom is -0.444 e. The summed E-state index contributed by atoms with van der Waals surface area (Å²) in [5.41, 5.74) is 2.94. The Morgan fingerprint density at radius 3 is 1.35 bits per heavy atom. The molecule has 0 aromatic heterocycles. The lowest BCUT2D eigenvalue weighted by Gasteiger charge is -2.33. The van der Waals surface area contributed by atoms with Gasteiger partial charge in [0.1, 0.15) is 29.1 Å². The van der Waals surface area contributed by atoms with E-state index in [1.807, 2.05) is 48.5 Å². The summed E-state index contributed by atoms with van der Waals surface area (Å²) < 4.78 is 25.1. The van der Waals surface area contributed by atoms with Crippen LogP contribution < -0.4 is 15.5 Å². The van der Waals surface area contributed by atoms with E-state index < -0.39 is 35.5 Å². The van der Waals surface area contributed by atoms with Gasteiger partial charge >= 0.3 is 12.2 Å². The summed E-state index contributed by atoms with van der Waals surface area (Å²) in [6, 6.07) is 20.8. The molecule has 0 spiro atoms. The zero-order valence-electron chi connectivity index (χ0n) is 32.1. The van der Waals surface area contributed by atoms with Crippen LogP contribution in [0.3, 0.4) is 0 Å². The van der Waals surface area contributed by atoms with E-state index in [0.717, 1.165) is 42.5 Å². The van der Waals surface area contributed by atoms with Gasteiger partial charge in [-0.05, 0) is 140 Å². The molecule has 0 saturated carbocycles. The zero-order chi connectivity index (χ0) is 38.8. The Hall–Kier alpha value is -5.13. The lowest BCUT2D eigenvalue weighted by molar-refractivity contribution is -0.121. The van der Waals surface area contributed by atoms with Gasteiger partial charge in [0.2, 0.25) is 11.8 Å². The highest BCUT2D eigenvalue weighted by Crippen LogP contribution is 2.47. The Morgan fingerprint density at radius 1 is 0.593 bits per heavy atom. The van der Waals surface area contributed by atoms with Crippen LogP contribution in [0, 0.1) is 5.82 Å². The van der Waals surface area contributed by atoms with Crippen LogP contribution in [0.15, 0.2) is 72.8 Å². The minimum absolute atomic E-state index is 0.0247. The van der Waals surface area contributed by atoms with Crippen LogP contribution in [0.5, 0.6) is 0 Å². The summed E-state index contributed by atoms with van der Waals surface area (Å²) in [7, 11) is 0. The number of benzene rings is 3. The van der Waals surface area contributed by atoms with Crippen LogP contribution in [0.1, 0.15) is 103 Å². The summed E-state index contributed by atoms with van der Waals surface area (Å²) in [4.78, 5) is 57.4. The molecular formula is C42H52FN5O6. The quantitative estimate of drug-likeness (QED) is 0.249. The molecule has 3 heterocycles. The summed E-state index contributed by atoms with van der Waals surface area (Å²) in [6.07, 6.45) is 3.29. The number of nitrogens with zero attached hydrogens (tertiary/aromatic N) is 3. The normalized spacial score (nSPS) is 21.6. The maximum Gasteiger partial charge on any atom is 0.410 e. The number of likely N-dealkylation sites (tertiary alicyclic amines) is 2. The lowest BCUT2D eigenvalue weighted by Crippen LogP contribution is -2.45. The van der Waals surface area contributed by atoms with E-state index in [9.17, 15) is 23.6 Å². The van der Waals surface area contributed by atoms with Crippen LogP contribution in [-0.4, -0.2) is 70.2 Å². The Kier molecular flexibility index (Phi) is 11.2. The topological polar surface area (TPSA) is 121 Å². The maximum atomic E-state index is 14.1. The number of hydrogen-bond donors (Lipinski definition) is 2. The van der Waals surface area contributed by atoms with Crippen molar-refractivity contribution in [2.75, 3.05) is 28.6 Å². The fourth-order valence-corrected chi connectivity index (χ4v) is 7.62. The molecule has 3 aliphatic heterocycles.